The number of rotatable bonds is 4. The molecule has 4 heteroatoms. The molecule has 0 aliphatic heterocycles. The largest absolute Gasteiger partial charge is 0.316 e. The van der Waals surface area contributed by atoms with E-state index in [2.05, 4.69) is 41.5 Å². The van der Waals surface area contributed by atoms with Crippen LogP contribution in [0.2, 0.25) is 0 Å². The molecule has 4 nitrogen and oxygen atoms in total. The average Bonchev–Trinajstić information content (AvgIpc) is 2.72. The van der Waals surface area contributed by atoms with Gasteiger partial charge in [0.2, 0.25) is 0 Å². The Balaban J connectivity index is 2.44. The fourth-order valence-corrected chi connectivity index (χ4v) is 2.09. The van der Waals surface area contributed by atoms with E-state index in [9.17, 15) is 0 Å². The quantitative estimate of drug-likeness (QED) is 0.897. The number of aromatic nitrogens is 3. The lowest BCUT2D eigenvalue weighted by molar-refractivity contribution is 0.713. The summed E-state index contributed by atoms with van der Waals surface area (Å²) < 4.78 is 1.87. The minimum Gasteiger partial charge on any atom is -0.316 e. The van der Waals surface area contributed by atoms with Crippen molar-refractivity contribution in [1.29, 1.82) is 0 Å². The van der Waals surface area contributed by atoms with E-state index in [0.717, 1.165) is 17.8 Å². The van der Waals surface area contributed by atoms with Crippen LogP contribution in [0, 0.1) is 0 Å². The minimum absolute atomic E-state index is 0.411. The molecule has 0 radical (unpaired) electrons. The first-order chi connectivity index (χ1) is 8.61. The molecule has 0 aromatic carbocycles. The van der Waals surface area contributed by atoms with Crippen LogP contribution in [0.15, 0.2) is 24.7 Å². The van der Waals surface area contributed by atoms with Crippen LogP contribution < -0.4 is 5.32 Å². The lowest BCUT2D eigenvalue weighted by atomic mass is 10.0. The Kier molecular flexibility index (Phi) is 3.77. The van der Waals surface area contributed by atoms with Crippen molar-refractivity contribution in [2.45, 2.75) is 26.3 Å². The van der Waals surface area contributed by atoms with Crippen LogP contribution in [0.4, 0.5) is 0 Å². The first-order valence-corrected chi connectivity index (χ1v) is 6.24. The summed E-state index contributed by atoms with van der Waals surface area (Å²) >= 11 is 0. The smallest absolute Gasteiger partial charge is 0.0728 e. The Morgan fingerprint density at radius 2 is 2.11 bits per heavy atom. The van der Waals surface area contributed by atoms with Crippen molar-refractivity contribution in [2.75, 3.05) is 7.05 Å². The number of nitrogens with zero attached hydrogens (tertiary/aromatic N) is 3. The molecule has 2 aromatic rings. The van der Waals surface area contributed by atoms with Gasteiger partial charge in [0.25, 0.3) is 0 Å². The van der Waals surface area contributed by atoms with Crippen molar-refractivity contribution in [2.24, 2.45) is 7.05 Å². The van der Waals surface area contributed by atoms with E-state index in [1.54, 1.807) is 0 Å². The zero-order valence-corrected chi connectivity index (χ0v) is 11.4. The molecule has 0 amide bonds. The topological polar surface area (TPSA) is 42.7 Å². The monoisotopic (exact) mass is 244 g/mol. The summed E-state index contributed by atoms with van der Waals surface area (Å²) in [6, 6.07) is 2.17. The van der Waals surface area contributed by atoms with Gasteiger partial charge in [-0.25, -0.2) is 0 Å². The van der Waals surface area contributed by atoms with Gasteiger partial charge in [0, 0.05) is 43.3 Å². The molecule has 96 valence electrons. The maximum atomic E-state index is 4.54. The van der Waals surface area contributed by atoms with E-state index in [4.69, 9.17) is 0 Å². The van der Waals surface area contributed by atoms with Gasteiger partial charge in [0.1, 0.15) is 0 Å². The van der Waals surface area contributed by atoms with Crippen LogP contribution in [0.3, 0.4) is 0 Å². The van der Waals surface area contributed by atoms with Crippen molar-refractivity contribution in [3.05, 3.63) is 35.9 Å². The number of hydrogen-bond donors (Lipinski definition) is 1. The van der Waals surface area contributed by atoms with Crippen molar-refractivity contribution in [3.8, 4) is 11.1 Å². The third-order valence-electron chi connectivity index (χ3n) is 2.89. The van der Waals surface area contributed by atoms with Crippen LogP contribution in [0.5, 0.6) is 0 Å². The third kappa shape index (κ3) is 2.59. The molecule has 0 fully saturated rings. The molecule has 0 saturated heterocycles. The minimum atomic E-state index is 0.411. The molecule has 0 saturated carbocycles. The van der Waals surface area contributed by atoms with E-state index in [-0.39, 0.29) is 0 Å². The molecule has 2 rings (SSSR count). The number of hydrogen-bond acceptors (Lipinski definition) is 3. The summed E-state index contributed by atoms with van der Waals surface area (Å²) in [7, 11) is 3.90. The Bertz CT molecular complexity index is 528. The number of aryl methyl sites for hydroxylation is 1. The van der Waals surface area contributed by atoms with E-state index >= 15 is 0 Å². The molecule has 0 unspecified atom stereocenters. The van der Waals surface area contributed by atoms with Crippen molar-refractivity contribution in [3.63, 3.8) is 0 Å². The Labute approximate surface area is 108 Å². The van der Waals surface area contributed by atoms with Crippen LogP contribution in [0.1, 0.15) is 31.0 Å². The highest BCUT2D eigenvalue weighted by Crippen LogP contribution is 2.27. The van der Waals surface area contributed by atoms with Gasteiger partial charge in [-0.1, -0.05) is 13.8 Å². The van der Waals surface area contributed by atoms with E-state index < -0.39 is 0 Å². The second kappa shape index (κ2) is 5.31. The SMILES string of the molecule is CNCc1cncc(-c2cn(C)nc2C(C)C)c1. The molecule has 1 N–H and O–H groups in total. The molecule has 18 heavy (non-hydrogen) atoms. The van der Waals surface area contributed by atoms with Gasteiger partial charge in [-0.3, -0.25) is 9.67 Å². The van der Waals surface area contributed by atoms with Crippen molar-refractivity contribution >= 4 is 0 Å². The van der Waals surface area contributed by atoms with Crippen LogP contribution in [-0.4, -0.2) is 21.8 Å². The highest BCUT2D eigenvalue weighted by molar-refractivity contribution is 5.65. The normalized spacial score (nSPS) is 11.2. The maximum Gasteiger partial charge on any atom is 0.0728 e. The fourth-order valence-electron chi connectivity index (χ4n) is 2.09. The third-order valence-corrected chi connectivity index (χ3v) is 2.89. The van der Waals surface area contributed by atoms with Crippen LogP contribution in [-0.2, 0) is 13.6 Å². The molecule has 0 bridgehead atoms. The fraction of sp³-hybridized carbons (Fsp3) is 0.429. The zero-order chi connectivity index (χ0) is 13.1. The van der Waals surface area contributed by atoms with E-state index in [1.807, 2.05) is 31.2 Å². The highest BCUT2D eigenvalue weighted by atomic mass is 15.3. The Morgan fingerprint density at radius 1 is 1.33 bits per heavy atom. The van der Waals surface area contributed by atoms with Gasteiger partial charge in [-0.15, -0.1) is 0 Å². The Hall–Kier alpha value is -1.68. The molecule has 2 aromatic heterocycles. The van der Waals surface area contributed by atoms with E-state index in [0.29, 0.717) is 5.92 Å². The van der Waals surface area contributed by atoms with Crippen LogP contribution in [0.25, 0.3) is 11.1 Å². The molecule has 0 spiro atoms. The molecule has 0 atom stereocenters. The summed E-state index contributed by atoms with van der Waals surface area (Å²) in [5.74, 6) is 0.411. The lowest BCUT2D eigenvalue weighted by Gasteiger charge is -2.06. The number of nitrogens with one attached hydrogen (secondary N) is 1. The molecule has 2 heterocycles. The van der Waals surface area contributed by atoms with E-state index in [1.165, 1.54) is 11.1 Å². The molecule has 0 aliphatic carbocycles. The van der Waals surface area contributed by atoms with Gasteiger partial charge < -0.3 is 5.32 Å². The highest BCUT2D eigenvalue weighted by Gasteiger charge is 2.13. The maximum absolute atomic E-state index is 4.54. The lowest BCUT2D eigenvalue weighted by Crippen LogP contribution is -2.05. The second-order valence-corrected chi connectivity index (χ2v) is 4.87. The standard InChI is InChI=1S/C14H20N4/c1-10(2)14-13(9-18(4)17-14)12-5-11(6-15-3)7-16-8-12/h5,7-10,15H,6H2,1-4H3. The summed E-state index contributed by atoms with van der Waals surface area (Å²) in [6.45, 7) is 5.16. The zero-order valence-electron chi connectivity index (χ0n) is 11.4. The molecular weight excluding hydrogens is 224 g/mol. The van der Waals surface area contributed by atoms with Gasteiger partial charge >= 0.3 is 0 Å². The number of pyridine rings is 1. The predicted octanol–water partition coefficient (Wildman–Crippen LogP) is 2.32. The first kappa shape index (κ1) is 12.8. The van der Waals surface area contributed by atoms with Crippen molar-refractivity contribution < 1.29 is 0 Å². The average molecular weight is 244 g/mol. The summed E-state index contributed by atoms with van der Waals surface area (Å²) in [5.41, 5.74) is 4.63. The first-order valence-electron chi connectivity index (χ1n) is 6.24. The molecular formula is C14H20N4. The van der Waals surface area contributed by atoms with Gasteiger partial charge in [0.05, 0.1) is 5.69 Å². The van der Waals surface area contributed by atoms with Crippen LogP contribution >= 0.6 is 0 Å². The predicted molar refractivity (Wildman–Crippen MR) is 73.3 cm³/mol. The van der Waals surface area contributed by atoms with Gasteiger partial charge in [-0.2, -0.15) is 5.10 Å². The summed E-state index contributed by atoms with van der Waals surface area (Å²) in [5, 5.41) is 7.68. The second-order valence-electron chi connectivity index (χ2n) is 4.87. The van der Waals surface area contributed by atoms with Gasteiger partial charge in [-0.05, 0) is 24.6 Å². The van der Waals surface area contributed by atoms with Gasteiger partial charge in [0.15, 0.2) is 0 Å². The summed E-state index contributed by atoms with van der Waals surface area (Å²) in [6.07, 6.45) is 5.86. The molecule has 0 aliphatic rings. The van der Waals surface area contributed by atoms with Crippen molar-refractivity contribution in [1.82, 2.24) is 20.1 Å². The Morgan fingerprint density at radius 3 is 2.78 bits per heavy atom. The summed E-state index contributed by atoms with van der Waals surface area (Å²) in [4.78, 5) is 4.31.